The van der Waals surface area contributed by atoms with Gasteiger partial charge in [0.1, 0.15) is 11.6 Å². The number of fused-ring (bicyclic) bond motifs is 2. The van der Waals surface area contributed by atoms with Crippen LogP contribution in [0, 0.1) is 11.6 Å². The maximum Gasteiger partial charge on any atom is 0.321 e. The van der Waals surface area contributed by atoms with Gasteiger partial charge in [-0.1, -0.05) is 24.3 Å². The zero-order chi connectivity index (χ0) is 31.0. The first-order valence-electron chi connectivity index (χ1n) is 14.4. The SMILES string of the molecule is COc1cc2c(cc1OC)[C@H](c1ccc(F)cc1)N(C(=O)N1CCc3cc(OC)c(OC)cc3[C@@H]1c1ccc(F)cc1)CC2. The third kappa shape index (κ3) is 5.16. The standard InChI is InChI=1S/C35H34F2N2O5/c1-41-29-17-23-13-15-38(33(27(23)19-31(29)43-3)21-5-9-25(36)10-6-21)35(40)39-16-14-24-18-30(42-2)32(44-4)20-28(24)34(39)22-7-11-26(37)12-8-22/h5-12,17-20,33-34H,13-16H2,1-4H3/t33-,34-/m0/s1. The fourth-order valence-corrected chi connectivity index (χ4v) is 6.48. The molecule has 7 nitrogen and oxygen atoms in total. The second kappa shape index (κ2) is 12.1. The van der Waals surface area contributed by atoms with Gasteiger partial charge in [0.15, 0.2) is 23.0 Å². The highest BCUT2D eigenvalue weighted by Crippen LogP contribution is 2.45. The minimum Gasteiger partial charge on any atom is -0.493 e. The summed E-state index contributed by atoms with van der Waals surface area (Å²) in [5, 5.41) is 0. The monoisotopic (exact) mass is 600 g/mol. The summed E-state index contributed by atoms with van der Waals surface area (Å²) in [7, 11) is 6.33. The Balaban J connectivity index is 1.47. The summed E-state index contributed by atoms with van der Waals surface area (Å²) in [5.74, 6) is 1.59. The second-order valence-electron chi connectivity index (χ2n) is 10.9. The van der Waals surface area contributed by atoms with Crippen LogP contribution in [-0.4, -0.2) is 57.4 Å². The highest BCUT2D eigenvalue weighted by Gasteiger charge is 2.40. The van der Waals surface area contributed by atoms with Crippen molar-refractivity contribution in [2.75, 3.05) is 41.5 Å². The molecule has 4 aromatic rings. The molecule has 0 bridgehead atoms. The number of hydrogen-bond donors (Lipinski definition) is 0. The summed E-state index contributed by atoms with van der Waals surface area (Å²) in [4.78, 5) is 18.5. The van der Waals surface area contributed by atoms with E-state index in [9.17, 15) is 13.6 Å². The van der Waals surface area contributed by atoms with Crippen molar-refractivity contribution in [1.29, 1.82) is 0 Å². The van der Waals surface area contributed by atoms with Gasteiger partial charge in [-0.15, -0.1) is 0 Å². The number of methoxy groups -OCH3 is 4. The first kappa shape index (κ1) is 29.3. The molecule has 0 saturated heterocycles. The average molecular weight is 601 g/mol. The lowest BCUT2D eigenvalue weighted by atomic mass is 9.86. The Kier molecular flexibility index (Phi) is 8.03. The normalized spacial score (nSPS) is 17.4. The van der Waals surface area contributed by atoms with E-state index in [0.717, 1.165) is 33.4 Å². The summed E-state index contributed by atoms with van der Waals surface area (Å²) in [6.07, 6.45) is 1.19. The van der Waals surface area contributed by atoms with Gasteiger partial charge in [0.05, 0.1) is 40.5 Å². The van der Waals surface area contributed by atoms with Gasteiger partial charge in [0.25, 0.3) is 0 Å². The second-order valence-corrected chi connectivity index (χ2v) is 10.9. The number of urea groups is 1. The molecule has 6 rings (SSSR count). The number of nitrogens with zero attached hydrogens (tertiary/aromatic N) is 2. The maximum atomic E-state index is 14.8. The topological polar surface area (TPSA) is 60.5 Å². The quantitative estimate of drug-likeness (QED) is 0.246. The van der Waals surface area contributed by atoms with Crippen molar-refractivity contribution in [2.45, 2.75) is 24.9 Å². The van der Waals surface area contributed by atoms with Gasteiger partial charge in [-0.2, -0.15) is 0 Å². The Morgan fingerprint density at radius 2 is 0.932 bits per heavy atom. The van der Waals surface area contributed by atoms with E-state index in [2.05, 4.69) is 0 Å². The Morgan fingerprint density at radius 1 is 0.591 bits per heavy atom. The average Bonchev–Trinajstić information content (AvgIpc) is 3.06. The van der Waals surface area contributed by atoms with Crippen LogP contribution < -0.4 is 18.9 Å². The van der Waals surface area contributed by atoms with Crippen LogP contribution in [0.4, 0.5) is 13.6 Å². The summed E-state index contributed by atoms with van der Waals surface area (Å²) < 4.78 is 50.5. The van der Waals surface area contributed by atoms with Crippen LogP contribution in [-0.2, 0) is 12.8 Å². The Morgan fingerprint density at radius 3 is 1.27 bits per heavy atom. The molecule has 0 aliphatic carbocycles. The van der Waals surface area contributed by atoms with Crippen molar-refractivity contribution in [3.05, 3.63) is 118 Å². The number of amides is 2. The number of halogens is 2. The van der Waals surface area contributed by atoms with Crippen molar-refractivity contribution >= 4 is 6.03 Å². The third-order valence-corrected chi connectivity index (χ3v) is 8.61. The van der Waals surface area contributed by atoms with Crippen LogP contribution in [0.5, 0.6) is 23.0 Å². The van der Waals surface area contributed by atoms with Gasteiger partial charge in [-0.05, 0) is 94.8 Å². The summed E-state index contributed by atoms with van der Waals surface area (Å²) in [5.41, 5.74) is 5.37. The van der Waals surface area contributed by atoms with Gasteiger partial charge in [0.2, 0.25) is 0 Å². The molecule has 44 heavy (non-hydrogen) atoms. The number of carbonyl (C=O) groups excluding carboxylic acids is 1. The van der Waals surface area contributed by atoms with E-state index in [0.29, 0.717) is 48.9 Å². The number of hydrogen-bond acceptors (Lipinski definition) is 5. The third-order valence-electron chi connectivity index (χ3n) is 8.61. The predicted octanol–water partition coefficient (Wildman–Crippen LogP) is 6.71. The first-order chi connectivity index (χ1) is 21.4. The minimum atomic E-state index is -0.507. The summed E-state index contributed by atoms with van der Waals surface area (Å²) in [6, 6.07) is 19.0. The molecule has 0 spiro atoms. The van der Waals surface area contributed by atoms with Crippen LogP contribution in [0.1, 0.15) is 45.5 Å². The molecule has 0 aromatic heterocycles. The fraction of sp³-hybridized carbons (Fsp3) is 0.286. The zero-order valence-corrected chi connectivity index (χ0v) is 25.1. The first-order valence-corrected chi connectivity index (χ1v) is 14.4. The molecular weight excluding hydrogens is 566 g/mol. The van der Waals surface area contributed by atoms with Gasteiger partial charge in [-0.25, -0.2) is 13.6 Å². The van der Waals surface area contributed by atoms with Crippen LogP contribution in [0.2, 0.25) is 0 Å². The Bertz CT molecular complexity index is 1550. The number of carbonyl (C=O) groups is 1. The van der Waals surface area contributed by atoms with Gasteiger partial charge < -0.3 is 28.7 Å². The van der Waals surface area contributed by atoms with Crippen LogP contribution in [0.15, 0.2) is 72.8 Å². The largest absolute Gasteiger partial charge is 0.493 e. The molecule has 0 saturated carbocycles. The van der Waals surface area contributed by atoms with E-state index >= 15 is 0 Å². The minimum absolute atomic E-state index is 0.186. The Labute approximate surface area is 255 Å². The molecule has 2 aliphatic heterocycles. The summed E-state index contributed by atoms with van der Waals surface area (Å²) in [6.45, 7) is 0.851. The molecule has 2 heterocycles. The lowest BCUT2D eigenvalue weighted by Gasteiger charge is -2.45. The van der Waals surface area contributed by atoms with E-state index in [4.69, 9.17) is 18.9 Å². The molecule has 0 N–H and O–H groups in total. The van der Waals surface area contributed by atoms with Crippen molar-refractivity contribution in [3.63, 3.8) is 0 Å². The molecule has 2 amide bonds. The van der Waals surface area contributed by atoms with E-state index in [1.54, 1.807) is 52.7 Å². The highest BCUT2D eigenvalue weighted by molar-refractivity contribution is 5.78. The van der Waals surface area contributed by atoms with Crippen molar-refractivity contribution < 1.29 is 32.5 Å². The van der Waals surface area contributed by atoms with Crippen LogP contribution in [0.25, 0.3) is 0 Å². The molecule has 0 radical (unpaired) electrons. The summed E-state index contributed by atoms with van der Waals surface area (Å²) >= 11 is 0. The Hall–Kier alpha value is -4.79. The molecular formula is C35H34F2N2O5. The fourth-order valence-electron chi connectivity index (χ4n) is 6.48. The highest BCUT2D eigenvalue weighted by atomic mass is 19.1. The molecule has 9 heteroatoms. The maximum absolute atomic E-state index is 14.8. The van der Waals surface area contributed by atoms with E-state index < -0.39 is 12.1 Å². The van der Waals surface area contributed by atoms with E-state index in [1.165, 1.54) is 24.3 Å². The van der Waals surface area contributed by atoms with Crippen molar-refractivity contribution in [2.24, 2.45) is 0 Å². The number of ether oxygens (including phenoxy) is 4. The molecule has 0 fully saturated rings. The van der Waals surface area contributed by atoms with Crippen LogP contribution >= 0.6 is 0 Å². The number of benzene rings is 4. The lowest BCUT2D eigenvalue weighted by Crippen LogP contribution is -2.51. The molecule has 228 valence electrons. The molecule has 4 aromatic carbocycles. The van der Waals surface area contributed by atoms with Crippen LogP contribution in [0.3, 0.4) is 0 Å². The van der Waals surface area contributed by atoms with Crippen molar-refractivity contribution in [3.8, 4) is 23.0 Å². The smallest absolute Gasteiger partial charge is 0.321 e. The lowest BCUT2D eigenvalue weighted by molar-refractivity contribution is 0.123. The van der Waals surface area contributed by atoms with Gasteiger partial charge in [-0.3, -0.25) is 0 Å². The van der Waals surface area contributed by atoms with Gasteiger partial charge >= 0.3 is 6.03 Å². The molecule has 2 aliphatic rings. The predicted molar refractivity (Wildman–Crippen MR) is 162 cm³/mol. The van der Waals surface area contributed by atoms with Gasteiger partial charge in [0, 0.05) is 13.1 Å². The number of rotatable bonds is 6. The molecule has 2 atom stereocenters. The zero-order valence-electron chi connectivity index (χ0n) is 25.1. The van der Waals surface area contributed by atoms with E-state index in [1.807, 2.05) is 34.1 Å². The van der Waals surface area contributed by atoms with E-state index in [-0.39, 0.29) is 17.7 Å². The van der Waals surface area contributed by atoms with Crippen molar-refractivity contribution in [1.82, 2.24) is 9.80 Å². The molecule has 0 unspecified atom stereocenters.